The van der Waals surface area contributed by atoms with Gasteiger partial charge >= 0.3 is 7.72 Å². The first-order chi connectivity index (χ1) is 8.29. The molecule has 0 radical (unpaired) electrons. The third kappa shape index (κ3) is 4.06. The Hall–Kier alpha value is -0.430. The van der Waals surface area contributed by atoms with Crippen molar-refractivity contribution in [2.45, 2.75) is 33.6 Å². The van der Waals surface area contributed by atoms with Crippen molar-refractivity contribution in [3.8, 4) is 0 Å². The summed E-state index contributed by atoms with van der Waals surface area (Å²) in [6, 6.07) is 10.4. The van der Waals surface area contributed by atoms with Gasteiger partial charge in [0.15, 0.2) is 5.30 Å². The first kappa shape index (κ1) is 14.6. The van der Waals surface area contributed by atoms with E-state index in [9.17, 15) is 0 Å². The average molecular weight is 255 g/mol. The highest BCUT2D eigenvalue weighted by Gasteiger charge is 2.42. The smallest absolute Gasteiger partial charge is 0.201 e. The summed E-state index contributed by atoms with van der Waals surface area (Å²) in [6.07, 6.45) is 3.01. The van der Waals surface area contributed by atoms with Crippen LogP contribution in [-0.4, -0.2) is 19.4 Å². The van der Waals surface area contributed by atoms with Crippen LogP contribution in [-0.2, 0) is 9.05 Å². The van der Waals surface area contributed by atoms with E-state index in [0.717, 1.165) is 32.2 Å². The third-order valence-electron chi connectivity index (χ3n) is 2.57. The maximum Gasteiger partial charge on any atom is 0.306 e. The van der Waals surface area contributed by atoms with Gasteiger partial charge in [-0.15, -0.1) is 0 Å². The molecule has 0 fully saturated rings. The van der Waals surface area contributed by atoms with Crippen molar-refractivity contribution < 1.29 is 9.05 Å². The van der Waals surface area contributed by atoms with E-state index in [1.54, 1.807) is 0 Å². The molecule has 0 saturated heterocycles. The van der Waals surface area contributed by atoms with E-state index in [2.05, 4.69) is 45.0 Å². The Morgan fingerprint density at radius 2 is 1.41 bits per heavy atom. The first-order valence-electron chi connectivity index (χ1n) is 6.51. The molecule has 0 heterocycles. The summed E-state index contributed by atoms with van der Waals surface area (Å²) in [6.45, 7) is 7.98. The fourth-order valence-corrected chi connectivity index (χ4v) is 4.37. The largest absolute Gasteiger partial charge is 0.306 e. The molecule has 0 bridgehead atoms. The maximum atomic E-state index is 6.11. The van der Waals surface area contributed by atoms with E-state index >= 15 is 0 Å². The van der Waals surface area contributed by atoms with Gasteiger partial charge in [-0.05, 0) is 31.9 Å². The van der Waals surface area contributed by atoms with Crippen molar-refractivity contribution in [3.63, 3.8) is 0 Å². The first-order valence-corrected chi connectivity index (χ1v) is 8.32. The van der Waals surface area contributed by atoms with Gasteiger partial charge in [0.2, 0.25) is 0 Å². The molecule has 0 amide bonds. The van der Waals surface area contributed by atoms with Crippen molar-refractivity contribution >= 4 is 13.0 Å². The molecule has 3 heteroatoms. The highest BCUT2D eigenvalue weighted by Crippen LogP contribution is 2.59. The van der Waals surface area contributed by atoms with Crippen molar-refractivity contribution in [2.24, 2.45) is 0 Å². The van der Waals surface area contributed by atoms with Gasteiger partial charge in [-0.25, -0.2) is 9.05 Å². The zero-order chi connectivity index (χ0) is 12.6. The van der Waals surface area contributed by atoms with E-state index in [-0.39, 0.29) is 0 Å². The molecule has 0 aliphatic heterocycles. The third-order valence-corrected chi connectivity index (χ3v) is 5.69. The lowest BCUT2D eigenvalue weighted by Gasteiger charge is -2.22. The van der Waals surface area contributed by atoms with Crippen LogP contribution >= 0.6 is 7.72 Å². The molecule has 1 aromatic rings. The van der Waals surface area contributed by atoms with Gasteiger partial charge in [-0.1, -0.05) is 32.0 Å². The number of benzene rings is 1. The fourth-order valence-electron chi connectivity index (χ4n) is 1.68. The summed E-state index contributed by atoms with van der Waals surface area (Å²) >= 11 is 0. The van der Waals surface area contributed by atoms with Crippen LogP contribution in [0.15, 0.2) is 30.3 Å². The molecule has 0 N–H and O–H groups in total. The molecule has 0 aromatic heterocycles. The fraction of sp³-hybridized carbons (Fsp3) is 0.571. The Bertz CT molecular complexity index is 292. The van der Waals surface area contributed by atoms with Gasteiger partial charge in [0.25, 0.3) is 0 Å². The van der Waals surface area contributed by atoms with Gasteiger partial charge in [0.05, 0.1) is 13.2 Å². The summed E-state index contributed by atoms with van der Waals surface area (Å²) in [5.41, 5.74) is 0. The van der Waals surface area contributed by atoms with E-state index < -0.39 is 7.72 Å². The van der Waals surface area contributed by atoms with Gasteiger partial charge in [0, 0.05) is 0 Å². The summed E-state index contributed by atoms with van der Waals surface area (Å²) in [7, 11) is -1.86. The monoisotopic (exact) mass is 255 g/mol. The van der Waals surface area contributed by atoms with Crippen LogP contribution in [0.1, 0.15) is 33.6 Å². The van der Waals surface area contributed by atoms with Crippen molar-refractivity contribution in [3.05, 3.63) is 30.3 Å². The van der Waals surface area contributed by atoms with Gasteiger partial charge in [-0.2, -0.15) is 0 Å². The Balaban J connectivity index is 2.89. The van der Waals surface area contributed by atoms with Crippen molar-refractivity contribution in [1.29, 1.82) is 0 Å². The molecule has 0 saturated carbocycles. The molecule has 17 heavy (non-hydrogen) atoms. The molecule has 1 rings (SSSR count). The number of hydrogen-bond donors (Lipinski definition) is 0. The summed E-state index contributed by atoms with van der Waals surface area (Å²) in [5, 5.41) is 1.23. The molecule has 0 atom stereocenters. The zero-order valence-corrected chi connectivity index (χ0v) is 12.1. The van der Waals surface area contributed by atoms with Crippen molar-refractivity contribution in [1.82, 2.24) is 0 Å². The van der Waals surface area contributed by atoms with E-state index in [1.165, 1.54) is 5.30 Å². The Kier molecular flexibility index (Phi) is 6.72. The molecular weight excluding hydrogens is 231 g/mol. The van der Waals surface area contributed by atoms with Crippen LogP contribution in [0.4, 0.5) is 0 Å². The number of rotatable bonds is 8. The Morgan fingerprint density at radius 3 is 1.82 bits per heavy atom. The molecule has 0 aliphatic carbocycles. The second-order valence-electron chi connectivity index (χ2n) is 3.99. The minimum absolute atomic E-state index is 0.778. The highest BCUT2D eigenvalue weighted by molar-refractivity contribution is 7.74. The molecule has 0 unspecified atom stereocenters. The normalized spacial score (nSPS) is 11.7. The predicted octanol–water partition coefficient (Wildman–Crippen LogP) is 4.03. The lowest BCUT2D eigenvalue weighted by molar-refractivity contribution is 0.239. The second-order valence-corrected chi connectivity index (χ2v) is 7.00. The Morgan fingerprint density at radius 1 is 0.882 bits per heavy atom. The molecule has 2 nitrogen and oxygen atoms in total. The maximum absolute atomic E-state index is 6.11. The Labute approximate surface area is 106 Å². The standard InChI is InChI=1S/C14H24O2P/c1-4-12-15-17(6-3,16-13-5-2)14-10-8-7-9-11-14/h7-11H,4-6,12-13H2,1-3H3/q+1. The minimum Gasteiger partial charge on any atom is -0.201 e. The highest BCUT2D eigenvalue weighted by atomic mass is 31.2. The number of hydrogen-bond acceptors (Lipinski definition) is 2. The SMILES string of the molecule is CCCO[P+](CC)(OCCC)c1ccccc1. The molecule has 0 spiro atoms. The van der Waals surface area contributed by atoms with Crippen molar-refractivity contribution in [2.75, 3.05) is 19.4 Å². The average Bonchev–Trinajstić information content (AvgIpc) is 2.41. The van der Waals surface area contributed by atoms with Gasteiger partial charge in [-0.3, -0.25) is 0 Å². The van der Waals surface area contributed by atoms with Gasteiger partial charge < -0.3 is 0 Å². The summed E-state index contributed by atoms with van der Waals surface area (Å²) in [5.74, 6) is 0. The quantitative estimate of drug-likeness (QED) is 0.653. The molecule has 96 valence electrons. The minimum atomic E-state index is -1.86. The van der Waals surface area contributed by atoms with Crippen LogP contribution in [0.25, 0.3) is 0 Å². The zero-order valence-electron chi connectivity index (χ0n) is 11.2. The topological polar surface area (TPSA) is 18.5 Å². The second kappa shape index (κ2) is 7.81. The lowest BCUT2D eigenvalue weighted by atomic mass is 10.4. The van der Waals surface area contributed by atoms with Crippen LogP contribution in [0.3, 0.4) is 0 Å². The van der Waals surface area contributed by atoms with E-state index in [4.69, 9.17) is 9.05 Å². The summed E-state index contributed by atoms with van der Waals surface area (Å²) < 4.78 is 12.2. The van der Waals surface area contributed by atoms with Crippen LogP contribution < -0.4 is 5.30 Å². The molecule has 1 aromatic carbocycles. The summed E-state index contributed by atoms with van der Waals surface area (Å²) in [4.78, 5) is 0. The van der Waals surface area contributed by atoms with E-state index in [1.807, 2.05) is 6.07 Å². The van der Waals surface area contributed by atoms with E-state index in [0.29, 0.717) is 0 Å². The van der Waals surface area contributed by atoms with Crippen LogP contribution in [0, 0.1) is 0 Å². The van der Waals surface area contributed by atoms with Crippen LogP contribution in [0.2, 0.25) is 0 Å². The molecular formula is C14H24O2P+. The lowest BCUT2D eigenvalue weighted by Crippen LogP contribution is -2.19. The van der Waals surface area contributed by atoms with Gasteiger partial charge in [0.1, 0.15) is 6.16 Å². The predicted molar refractivity (Wildman–Crippen MR) is 76.0 cm³/mol. The van der Waals surface area contributed by atoms with Crippen LogP contribution in [0.5, 0.6) is 0 Å². The molecule has 0 aliphatic rings.